The zero-order chi connectivity index (χ0) is 17.0. The molecule has 1 fully saturated rings. The number of amides is 1. The highest BCUT2D eigenvalue weighted by atomic mass is 35.5. The van der Waals surface area contributed by atoms with E-state index in [0.717, 1.165) is 12.8 Å². The number of carboxylic acid groups (broad SMARTS) is 1. The summed E-state index contributed by atoms with van der Waals surface area (Å²) in [7, 11) is 0. The number of halogens is 1. The van der Waals surface area contributed by atoms with Gasteiger partial charge in [0, 0.05) is 31.6 Å². The van der Waals surface area contributed by atoms with Crippen molar-refractivity contribution in [1.82, 2.24) is 4.90 Å². The molecule has 1 aromatic carbocycles. The van der Waals surface area contributed by atoms with Gasteiger partial charge in [0.25, 0.3) is 11.6 Å². The quantitative estimate of drug-likeness (QED) is 0.656. The van der Waals surface area contributed by atoms with Gasteiger partial charge in [-0.1, -0.05) is 11.6 Å². The van der Waals surface area contributed by atoms with Crippen LogP contribution in [-0.2, 0) is 4.79 Å². The van der Waals surface area contributed by atoms with E-state index in [4.69, 9.17) is 16.7 Å². The van der Waals surface area contributed by atoms with Gasteiger partial charge in [-0.3, -0.25) is 19.7 Å². The topological polar surface area (TPSA) is 101 Å². The average molecular weight is 341 g/mol. The number of carboxylic acids is 1. The van der Waals surface area contributed by atoms with E-state index in [1.165, 1.54) is 18.2 Å². The Balaban J connectivity index is 2.07. The van der Waals surface area contributed by atoms with Crippen LogP contribution in [0.15, 0.2) is 18.2 Å². The summed E-state index contributed by atoms with van der Waals surface area (Å²) < 4.78 is 0. The average Bonchev–Trinajstić information content (AvgIpc) is 2.52. The lowest BCUT2D eigenvalue weighted by molar-refractivity contribution is -0.384. The minimum atomic E-state index is -0.841. The number of carbonyl (C=O) groups excluding carboxylic acids is 1. The molecule has 2 rings (SSSR count). The summed E-state index contributed by atoms with van der Waals surface area (Å²) in [6.07, 6.45) is 2.32. The molecule has 7 nitrogen and oxygen atoms in total. The van der Waals surface area contributed by atoms with Crippen LogP contribution in [0.4, 0.5) is 5.69 Å². The van der Waals surface area contributed by atoms with E-state index in [9.17, 15) is 19.7 Å². The smallest absolute Gasteiger partial charge is 0.303 e. The minimum absolute atomic E-state index is 0.0526. The second-order valence-electron chi connectivity index (χ2n) is 5.61. The van der Waals surface area contributed by atoms with Gasteiger partial charge in [-0.15, -0.1) is 0 Å². The van der Waals surface area contributed by atoms with Crippen molar-refractivity contribution >= 4 is 29.2 Å². The van der Waals surface area contributed by atoms with Crippen molar-refractivity contribution in [1.29, 1.82) is 0 Å². The monoisotopic (exact) mass is 340 g/mol. The first-order chi connectivity index (χ1) is 10.9. The van der Waals surface area contributed by atoms with Gasteiger partial charge < -0.3 is 10.0 Å². The van der Waals surface area contributed by atoms with Crippen molar-refractivity contribution in [2.24, 2.45) is 5.92 Å². The molecule has 1 heterocycles. The van der Waals surface area contributed by atoms with E-state index in [1.54, 1.807) is 4.90 Å². The molecule has 0 aliphatic carbocycles. The van der Waals surface area contributed by atoms with Gasteiger partial charge >= 0.3 is 5.97 Å². The predicted molar refractivity (Wildman–Crippen MR) is 83.6 cm³/mol. The van der Waals surface area contributed by atoms with Crippen molar-refractivity contribution in [3.05, 3.63) is 38.9 Å². The maximum atomic E-state index is 12.5. The highest BCUT2D eigenvalue weighted by Crippen LogP contribution is 2.27. The molecule has 1 aliphatic rings. The molecule has 0 radical (unpaired) electrons. The Morgan fingerprint density at radius 3 is 2.78 bits per heavy atom. The number of hydrogen-bond acceptors (Lipinski definition) is 4. The summed E-state index contributed by atoms with van der Waals surface area (Å²) >= 11 is 6.00. The number of nitro groups is 1. The van der Waals surface area contributed by atoms with Gasteiger partial charge in [-0.25, -0.2) is 0 Å². The summed E-state index contributed by atoms with van der Waals surface area (Å²) in [5, 5.41) is 19.5. The molecular formula is C15H17ClN2O5. The second-order valence-corrected chi connectivity index (χ2v) is 6.02. The fraction of sp³-hybridized carbons (Fsp3) is 0.467. The van der Waals surface area contributed by atoms with E-state index in [-0.39, 0.29) is 34.5 Å². The van der Waals surface area contributed by atoms with Crippen molar-refractivity contribution in [2.45, 2.75) is 25.7 Å². The molecule has 1 amide bonds. The summed E-state index contributed by atoms with van der Waals surface area (Å²) in [5.41, 5.74) is 0.0701. The van der Waals surface area contributed by atoms with Crippen LogP contribution in [0.5, 0.6) is 0 Å². The Morgan fingerprint density at radius 2 is 2.17 bits per heavy atom. The number of benzene rings is 1. The van der Waals surface area contributed by atoms with Gasteiger partial charge in [0.05, 0.1) is 15.5 Å². The van der Waals surface area contributed by atoms with E-state index >= 15 is 0 Å². The molecule has 1 saturated heterocycles. The molecule has 0 aromatic heterocycles. The highest BCUT2D eigenvalue weighted by Gasteiger charge is 2.26. The third kappa shape index (κ3) is 4.41. The van der Waals surface area contributed by atoms with E-state index < -0.39 is 10.9 Å². The lowest BCUT2D eigenvalue weighted by Crippen LogP contribution is -2.40. The van der Waals surface area contributed by atoms with Gasteiger partial charge in [0.1, 0.15) is 0 Å². The fourth-order valence-electron chi connectivity index (χ4n) is 2.77. The Bertz CT molecular complexity index is 634. The number of piperidine rings is 1. The van der Waals surface area contributed by atoms with Crippen molar-refractivity contribution in [3.63, 3.8) is 0 Å². The van der Waals surface area contributed by atoms with Crippen molar-refractivity contribution in [3.8, 4) is 0 Å². The summed E-state index contributed by atoms with van der Waals surface area (Å²) in [6, 6.07) is 3.79. The first-order valence-corrected chi connectivity index (χ1v) is 7.71. The molecule has 1 atom stereocenters. The fourth-order valence-corrected chi connectivity index (χ4v) is 3.03. The van der Waals surface area contributed by atoms with Crippen LogP contribution in [0, 0.1) is 16.0 Å². The van der Waals surface area contributed by atoms with Gasteiger partial charge in [0.2, 0.25) is 0 Å². The third-order valence-electron chi connectivity index (χ3n) is 3.97. The molecule has 1 aromatic rings. The maximum Gasteiger partial charge on any atom is 0.303 e. The summed E-state index contributed by atoms with van der Waals surface area (Å²) in [4.78, 5) is 35.0. The van der Waals surface area contributed by atoms with Gasteiger partial charge in [-0.05, 0) is 31.2 Å². The van der Waals surface area contributed by atoms with Crippen LogP contribution in [0.3, 0.4) is 0 Å². The molecule has 1 aliphatic heterocycles. The minimum Gasteiger partial charge on any atom is -0.481 e. The first-order valence-electron chi connectivity index (χ1n) is 7.33. The maximum absolute atomic E-state index is 12.5. The zero-order valence-electron chi connectivity index (χ0n) is 12.4. The van der Waals surface area contributed by atoms with Crippen molar-refractivity contribution < 1.29 is 19.6 Å². The predicted octanol–water partition coefficient (Wildman–Crippen LogP) is 2.97. The number of carbonyl (C=O) groups is 2. The van der Waals surface area contributed by atoms with Crippen molar-refractivity contribution in [2.75, 3.05) is 13.1 Å². The molecule has 8 heteroatoms. The Labute approximate surface area is 138 Å². The van der Waals surface area contributed by atoms with E-state index in [1.807, 2.05) is 0 Å². The van der Waals surface area contributed by atoms with Crippen LogP contribution in [0.1, 0.15) is 36.0 Å². The molecule has 0 bridgehead atoms. The van der Waals surface area contributed by atoms with Gasteiger partial charge in [-0.2, -0.15) is 0 Å². The molecule has 0 spiro atoms. The second kappa shape index (κ2) is 7.41. The Morgan fingerprint density at radius 1 is 1.43 bits per heavy atom. The number of likely N-dealkylation sites (tertiary alicyclic amines) is 1. The summed E-state index contributed by atoms with van der Waals surface area (Å²) in [6.45, 7) is 1.06. The molecule has 0 saturated carbocycles. The van der Waals surface area contributed by atoms with E-state index in [0.29, 0.717) is 19.5 Å². The number of hydrogen-bond donors (Lipinski definition) is 1. The molecule has 23 heavy (non-hydrogen) atoms. The SMILES string of the molecule is O=C(O)CCC1CCCN(C(=O)c2ccc([N+](=O)[O-])cc2Cl)C1. The lowest BCUT2D eigenvalue weighted by Gasteiger charge is -2.32. The first kappa shape index (κ1) is 17.2. The third-order valence-corrected chi connectivity index (χ3v) is 4.28. The normalized spacial score (nSPS) is 17.8. The van der Waals surface area contributed by atoms with Gasteiger partial charge in [0.15, 0.2) is 0 Å². The number of non-ortho nitro benzene ring substituents is 1. The number of rotatable bonds is 5. The van der Waals surface area contributed by atoms with Crippen LogP contribution < -0.4 is 0 Å². The molecule has 1 N–H and O–H groups in total. The summed E-state index contributed by atoms with van der Waals surface area (Å²) in [5.74, 6) is -0.961. The van der Waals surface area contributed by atoms with E-state index in [2.05, 4.69) is 0 Å². The van der Waals surface area contributed by atoms with Crippen LogP contribution in [0.2, 0.25) is 5.02 Å². The lowest BCUT2D eigenvalue weighted by atomic mass is 9.93. The number of aliphatic carboxylic acids is 1. The zero-order valence-corrected chi connectivity index (χ0v) is 13.2. The number of nitro benzene ring substituents is 1. The van der Waals surface area contributed by atoms with Crippen LogP contribution >= 0.6 is 11.6 Å². The largest absolute Gasteiger partial charge is 0.481 e. The Hall–Kier alpha value is -2.15. The molecular weight excluding hydrogens is 324 g/mol. The molecule has 124 valence electrons. The number of nitrogens with zero attached hydrogens (tertiary/aromatic N) is 2. The Kier molecular flexibility index (Phi) is 5.54. The highest BCUT2D eigenvalue weighted by molar-refractivity contribution is 6.34. The van der Waals surface area contributed by atoms with Crippen LogP contribution in [0.25, 0.3) is 0 Å². The standard InChI is InChI=1S/C15H17ClN2O5/c16-13-8-11(18(22)23)4-5-12(13)15(21)17-7-1-2-10(9-17)3-6-14(19)20/h4-5,8,10H,1-3,6-7,9H2,(H,19,20). The molecule has 1 unspecified atom stereocenters. The van der Waals surface area contributed by atoms with Crippen LogP contribution in [-0.4, -0.2) is 39.9 Å².